The van der Waals surface area contributed by atoms with Gasteiger partial charge in [0.25, 0.3) is 0 Å². The van der Waals surface area contributed by atoms with Crippen LogP contribution in [0.15, 0.2) is 6.08 Å². The number of methoxy groups -OCH3 is 1. The van der Waals surface area contributed by atoms with Crippen LogP contribution in [0, 0.1) is 0 Å². The van der Waals surface area contributed by atoms with Crippen molar-refractivity contribution in [2.45, 2.75) is 0 Å². The minimum atomic E-state index is 0.691. The third-order valence-corrected chi connectivity index (χ3v) is 2.95. The Morgan fingerprint density at radius 1 is 1.53 bits per heavy atom. The normalized spacial score (nSPS) is 10.9. The summed E-state index contributed by atoms with van der Waals surface area (Å²) in [6, 6.07) is 0. The zero-order chi connectivity index (χ0) is 11.3. The predicted octanol–water partition coefficient (Wildman–Crippen LogP) is 1.45. The van der Waals surface area contributed by atoms with Gasteiger partial charge in [-0.1, -0.05) is 17.4 Å². The second-order valence-electron chi connectivity index (χ2n) is 3.22. The molecule has 84 valence electrons. The highest BCUT2D eigenvalue weighted by Crippen LogP contribution is 2.31. The molecule has 0 aliphatic rings. The second-order valence-corrected chi connectivity index (χ2v) is 4.23. The van der Waals surface area contributed by atoms with E-state index in [0.29, 0.717) is 5.88 Å². The molecule has 0 radical (unpaired) electrons. The lowest BCUT2D eigenvalue weighted by molar-refractivity contribution is 0.400. The van der Waals surface area contributed by atoms with Gasteiger partial charge in [0.1, 0.15) is 0 Å². The molecule has 4 nitrogen and oxygen atoms in total. The first-order valence-electron chi connectivity index (χ1n) is 4.72. The van der Waals surface area contributed by atoms with Crippen LogP contribution < -0.4 is 15.0 Å². The quantitative estimate of drug-likeness (QED) is 0.826. The minimum Gasteiger partial charge on any atom is -0.480 e. The largest absolute Gasteiger partial charge is 0.480 e. The lowest BCUT2D eigenvalue weighted by Crippen LogP contribution is -2.07. The first kappa shape index (κ1) is 12.0. The zero-order valence-electron chi connectivity index (χ0n) is 9.57. The maximum Gasteiger partial charge on any atom is 0.233 e. The fourth-order valence-corrected chi connectivity index (χ4v) is 1.92. The standard InChI is InChI=1S/C10H17N3OS/c1-11-7-5-6-8-9(14-4)12-10(15-8)13(2)3/h5-6,11H,7H2,1-4H3. The van der Waals surface area contributed by atoms with Crippen LogP contribution in [0.1, 0.15) is 4.88 Å². The highest BCUT2D eigenvalue weighted by atomic mass is 32.1. The molecule has 0 aliphatic carbocycles. The number of aromatic nitrogens is 1. The molecule has 0 saturated heterocycles. The molecule has 0 atom stereocenters. The van der Waals surface area contributed by atoms with E-state index in [0.717, 1.165) is 16.6 Å². The molecule has 1 aromatic rings. The summed E-state index contributed by atoms with van der Waals surface area (Å²) in [5.41, 5.74) is 0. The molecule has 1 aromatic heterocycles. The maximum atomic E-state index is 5.21. The number of nitrogens with zero attached hydrogens (tertiary/aromatic N) is 2. The van der Waals surface area contributed by atoms with Crippen molar-refractivity contribution in [3.8, 4) is 5.88 Å². The van der Waals surface area contributed by atoms with Crippen LogP contribution in [0.2, 0.25) is 0 Å². The summed E-state index contributed by atoms with van der Waals surface area (Å²) in [6.45, 7) is 0.846. The van der Waals surface area contributed by atoms with Crippen LogP contribution >= 0.6 is 11.3 Å². The van der Waals surface area contributed by atoms with Gasteiger partial charge >= 0.3 is 0 Å². The smallest absolute Gasteiger partial charge is 0.233 e. The van der Waals surface area contributed by atoms with E-state index < -0.39 is 0 Å². The summed E-state index contributed by atoms with van der Waals surface area (Å²) in [7, 11) is 7.50. The minimum absolute atomic E-state index is 0.691. The molecule has 0 bridgehead atoms. The Balaban J connectivity index is 2.85. The van der Waals surface area contributed by atoms with Gasteiger partial charge in [0.2, 0.25) is 5.88 Å². The van der Waals surface area contributed by atoms with Gasteiger partial charge in [0, 0.05) is 20.6 Å². The lowest BCUT2D eigenvalue weighted by Gasteiger charge is -2.04. The van der Waals surface area contributed by atoms with Crippen molar-refractivity contribution in [3.05, 3.63) is 11.0 Å². The maximum absolute atomic E-state index is 5.21. The Kier molecular flexibility index (Phi) is 4.58. The Morgan fingerprint density at radius 3 is 2.80 bits per heavy atom. The molecule has 0 spiro atoms. The summed E-state index contributed by atoms with van der Waals surface area (Å²) in [4.78, 5) is 7.38. The van der Waals surface area contributed by atoms with Crippen molar-refractivity contribution in [3.63, 3.8) is 0 Å². The van der Waals surface area contributed by atoms with Gasteiger partial charge in [0.05, 0.1) is 12.0 Å². The summed E-state index contributed by atoms with van der Waals surface area (Å²) >= 11 is 1.62. The van der Waals surface area contributed by atoms with Crippen molar-refractivity contribution in [1.29, 1.82) is 0 Å². The number of anilines is 1. The van der Waals surface area contributed by atoms with Crippen LogP contribution in [0.25, 0.3) is 6.08 Å². The summed E-state index contributed by atoms with van der Waals surface area (Å²) in [6.07, 6.45) is 4.08. The van der Waals surface area contributed by atoms with Crippen molar-refractivity contribution < 1.29 is 4.74 Å². The first-order chi connectivity index (χ1) is 7.19. The van der Waals surface area contributed by atoms with Gasteiger partial charge in [-0.25, -0.2) is 0 Å². The molecule has 0 aliphatic heterocycles. The molecule has 0 fully saturated rings. The Bertz CT molecular complexity index is 333. The molecule has 0 unspecified atom stereocenters. The van der Waals surface area contributed by atoms with E-state index >= 15 is 0 Å². The van der Waals surface area contributed by atoms with E-state index in [1.54, 1.807) is 18.4 Å². The Hall–Kier alpha value is -1.07. The number of hydrogen-bond acceptors (Lipinski definition) is 5. The number of nitrogens with one attached hydrogen (secondary N) is 1. The van der Waals surface area contributed by atoms with E-state index in [9.17, 15) is 0 Å². The monoisotopic (exact) mass is 227 g/mol. The average Bonchev–Trinajstić information content (AvgIpc) is 2.62. The first-order valence-corrected chi connectivity index (χ1v) is 5.54. The van der Waals surface area contributed by atoms with Crippen molar-refractivity contribution in [1.82, 2.24) is 10.3 Å². The van der Waals surface area contributed by atoms with Gasteiger partial charge < -0.3 is 15.0 Å². The highest BCUT2D eigenvalue weighted by molar-refractivity contribution is 7.16. The van der Waals surface area contributed by atoms with Crippen LogP contribution in [0.3, 0.4) is 0 Å². The van der Waals surface area contributed by atoms with Gasteiger partial charge in [-0.3, -0.25) is 0 Å². The summed E-state index contributed by atoms with van der Waals surface area (Å²) in [5.74, 6) is 0.691. The van der Waals surface area contributed by atoms with E-state index in [1.807, 2.05) is 32.1 Å². The molecule has 1 rings (SSSR count). The molecule has 5 heteroatoms. The van der Waals surface area contributed by atoms with E-state index in [2.05, 4.69) is 16.4 Å². The highest BCUT2D eigenvalue weighted by Gasteiger charge is 2.09. The number of ether oxygens (including phenoxy) is 1. The van der Waals surface area contributed by atoms with Gasteiger partial charge in [0.15, 0.2) is 5.13 Å². The summed E-state index contributed by atoms with van der Waals surface area (Å²) in [5, 5.41) is 4.01. The summed E-state index contributed by atoms with van der Waals surface area (Å²) < 4.78 is 5.21. The van der Waals surface area contributed by atoms with Gasteiger partial charge in [-0.15, -0.1) is 0 Å². The van der Waals surface area contributed by atoms with Crippen LogP contribution in [-0.2, 0) is 0 Å². The molecular formula is C10H17N3OS. The third-order valence-electron chi connectivity index (χ3n) is 1.78. The fourth-order valence-electron chi connectivity index (χ4n) is 1.03. The second kappa shape index (κ2) is 5.72. The molecular weight excluding hydrogens is 210 g/mol. The Labute approximate surface area is 94.6 Å². The number of likely N-dealkylation sites (N-methyl/N-ethyl adjacent to an activating group) is 1. The van der Waals surface area contributed by atoms with Crippen molar-refractivity contribution in [2.24, 2.45) is 0 Å². The lowest BCUT2D eigenvalue weighted by atomic mass is 10.4. The van der Waals surface area contributed by atoms with Crippen LogP contribution in [0.4, 0.5) is 5.13 Å². The molecule has 0 saturated carbocycles. The van der Waals surface area contributed by atoms with Crippen LogP contribution in [0.5, 0.6) is 5.88 Å². The molecule has 15 heavy (non-hydrogen) atoms. The zero-order valence-corrected chi connectivity index (χ0v) is 10.4. The third kappa shape index (κ3) is 3.21. The van der Waals surface area contributed by atoms with Crippen molar-refractivity contribution >= 4 is 22.5 Å². The van der Waals surface area contributed by atoms with Crippen molar-refractivity contribution in [2.75, 3.05) is 39.7 Å². The topological polar surface area (TPSA) is 37.4 Å². The number of rotatable bonds is 5. The SMILES string of the molecule is CNCC=Cc1sc(N(C)C)nc1OC. The average molecular weight is 227 g/mol. The molecule has 0 aromatic carbocycles. The molecule has 1 heterocycles. The predicted molar refractivity (Wildman–Crippen MR) is 66.0 cm³/mol. The number of hydrogen-bond donors (Lipinski definition) is 1. The van der Waals surface area contributed by atoms with E-state index in [-0.39, 0.29) is 0 Å². The van der Waals surface area contributed by atoms with Gasteiger partial charge in [-0.2, -0.15) is 4.98 Å². The van der Waals surface area contributed by atoms with E-state index in [1.165, 1.54) is 0 Å². The molecule has 1 N–H and O–H groups in total. The van der Waals surface area contributed by atoms with E-state index in [4.69, 9.17) is 4.74 Å². The van der Waals surface area contributed by atoms with Gasteiger partial charge in [-0.05, 0) is 13.1 Å². The Morgan fingerprint density at radius 2 is 2.27 bits per heavy atom. The fraction of sp³-hybridized carbons (Fsp3) is 0.500. The van der Waals surface area contributed by atoms with Crippen LogP contribution in [-0.4, -0.2) is 39.8 Å². The number of thiazole rings is 1. The molecule has 0 amide bonds.